The molecule has 2 aliphatic carbocycles. The second-order valence-corrected chi connectivity index (χ2v) is 10.5. The summed E-state index contributed by atoms with van der Waals surface area (Å²) in [5.41, 5.74) is 5.55. The van der Waals surface area contributed by atoms with Crippen molar-refractivity contribution in [2.45, 2.75) is 78.6 Å². The molecule has 2 N–H and O–H groups in total. The lowest BCUT2D eigenvalue weighted by Gasteiger charge is -2.24. The Morgan fingerprint density at radius 3 is 2.22 bits per heavy atom. The maximum Gasteiger partial charge on any atom is 0.332 e. The Kier molecular flexibility index (Phi) is 5.84. The van der Waals surface area contributed by atoms with Crippen molar-refractivity contribution in [2.24, 2.45) is 5.41 Å². The van der Waals surface area contributed by atoms with Gasteiger partial charge in [-0.1, -0.05) is 39.7 Å². The van der Waals surface area contributed by atoms with Crippen LogP contribution in [-0.4, -0.2) is 20.2 Å². The van der Waals surface area contributed by atoms with Gasteiger partial charge in [0.2, 0.25) is 10.0 Å². The lowest BCUT2D eigenvalue weighted by molar-refractivity contribution is 0.256. The third-order valence-electron chi connectivity index (χ3n) is 5.75. The highest BCUT2D eigenvalue weighted by Crippen LogP contribution is 2.38. The maximum absolute atomic E-state index is 12.5. The number of anilines is 1. The molecule has 27 heavy (non-hydrogen) atoms. The van der Waals surface area contributed by atoms with Gasteiger partial charge in [0.1, 0.15) is 0 Å². The van der Waals surface area contributed by atoms with Gasteiger partial charge in [0, 0.05) is 5.69 Å². The monoisotopic (exact) mass is 392 g/mol. The highest BCUT2D eigenvalue weighted by molar-refractivity contribution is 7.90. The number of rotatable bonds is 7. The van der Waals surface area contributed by atoms with E-state index in [2.05, 4.69) is 23.0 Å². The second-order valence-electron chi connectivity index (χ2n) is 8.82. The Balaban J connectivity index is 1.72. The molecule has 0 unspecified atom stereocenters. The van der Waals surface area contributed by atoms with E-state index >= 15 is 0 Å². The molecule has 0 spiro atoms. The number of sulfonamides is 1. The standard InChI is InChI=1S/C21H32N2O3S/c1-4-5-12-21(2,3)14-27(25,26)23-20(24)22-19-17-10-6-8-15(17)13-16-9-7-11-18(16)19/h13H,4-12,14H2,1-3H3,(H2,22,23,24). The topological polar surface area (TPSA) is 75.3 Å². The molecule has 150 valence electrons. The van der Waals surface area contributed by atoms with E-state index in [9.17, 15) is 13.2 Å². The van der Waals surface area contributed by atoms with Crippen LogP contribution in [0.3, 0.4) is 0 Å². The lowest BCUT2D eigenvalue weighted by Crippen LogP contribution is -2.40. The molecule has 0 saturated carbocycles. The number of fused-ring (bicyclic) bond motifs is 2. The number of nitrogens with one attached hydrogen (secondary N) is 2. The minimum absolute atomic E-state index is 0.0432. The molecular weight excluding hydrogens is 360 g/mol. The first kappa shape index (κ1) is 20.2. The second kappa shape index (κ2) is 7.82. The molecule has 3 rings (SSSR count). The van der Waals surface area contributed by atoms with Crippen molar-refractivity contribution >= 4 is 21.7 Å². The van der Waals surface area contributed by atoms with E-state index in [1.807, 2.05) is 13.8 Å². The van der Waals surface area contributed by atoms with Crippen molar-refractivity contribution in [1.82, 2.24) is 4.72 Å². The fraction of sp³-hybridized carbons (Fsp3) is 0.667. The highest BCUT2D eigenvalue weighted by atomic mass is 32.2. The molecule has 2 amide bonds. The number of aryl methyl sites for hydroxylation is 2. The van der Waals surface area contributed by atoms with Crippen molar-refractivity contribution in [3.8, 4) is 0 Å². The Hall–Kier alpha value is -1.56. The van der Waals surface area contributed by atoms with E-state index in [-0.39, 0.29) is 11.2 Å². The largest absolute Gasteiger partial charge is 0.332 e. The van der Waals surface area contributed by atoms with Crippen LogP contribution in [-0.2, 0) is 35.7 Å². The van der Waals surface area contributed by atoms with Crippen LogP contribution in [0, 0.1) is 5.41 Å². The summed E-state index contributed by atoms with van der Waals surface area (Å²) in [7, 11) is -3.68. The molecule has 0 aliphatic heterocycles. The number of carbonyl (C=O) groups excluding carboxylic acids is 1. The summed E-state index contributed by atoms with van der Waals surface area (Å²) < 4.78 is 27.3. The van der Waals surface area contributed by atoms with Gasteiger partial charge in [-0.3, -0.25) is 0 Å². The maximum atomic E-state index is 12.5. The molecule has 5 nitrogen and oxygen atoms in total. The average Bonchev–Trinajstić information content (AvgIpc) is 3.19. The lowest BCUT2D eigenvalue weighted by atomic mass is 9.90. The van der Waals surface area contributed by atoms with Crippen molar-refractivity contribution in [3.63, 3.8) is 0 Å². The van der Waals surface area contributed by atoms with E-state index in [1.165, 1.54) is 22.3 Å². The Bertz CT molecular complexity index is 796. The van der Waals surface area contributed by atoms with Crippen LogP contribution in [0.2, 0.25) is 0 Å². The van der Waals surface area contributed by atoms with Crippen molar-refractivity contribution in [2.75, 3.05) is 11.1 Å². The van der Waals surface area contributed by atoms with Gasteiger partial charge in [-0.15, -0.1) is 0 Å². The quantitative estimate of drug-likeness (QED) is 0.725. The summed E-state index contributed by atoms with van der Waals surface area (Å²) in [5, 5.41) is 2.90. The van der Waals surface area contributed by atoms with Crippen LogP contribution in [0.15, 0.2) is 6.07 Å². The first-order valence-electron chi connectivity index (χ1n) is 10.2. The molecule has 6 heteroatoms. The normalized spacial score (nSPS) is 16.1. The number of hydrogen-bond donors (Lipinski definition) is 2. The van der Waals surface area contributed by atoms with Crippen LogP contribution < -0.4 is 10.0 Å². The Labute approximate surface area is 163 Å². The first-order chi connectivity index (χ1) is 12.7. The van der Waals surface area contributed by atoms with Crippen molar-refractivity contribution < 1.29 is 13.2 Å². The average molecular weight is 393 g/mol. The minimum Gasteiger partial charge on any atom is -0.307 e. The Morgan fingerprint density at radius 1 is 1.07 bits per heavy atom. The summed E-state index contributed by atoms with van der Waals surface area (Å²) in [6.45, 7) is 5.97. The predicted molar refractivity (Wildman–Crippen MR) is 110 cm³/mol. The zero-order valence-corrected chi connectivity index (χ0v) is 17.6. The third-order valence-corrected chi connectivity index (χ3v) is 7.41. The number of carbonyl (C=O) groups is 1. The van der Waals surface area contributed by atoms with Crippen LogP contribution in [0.25, 0.3) is 0 Å². The SMILES string of the molecule is CCCCC(C)(C)CS(=O)(=O)NC(=O)Nc1c2c(cc3c1CCC3)CCC2. The summed E-state index contributed by atoms with van der Waals surface area (Å²) in [6, 6.07) is 1.66. The number of hydrogen-bond acceptors (Lipinski definition) is 3. The number of unbranched alkanes of at least 4 members (excludes halogenated alkanes) is 1. The van der Waals surface area contributed by atoms with Crippen LogP contribution >= 0.6 is 0 Å². The van der Waals surface area contributed by atoms with Gasteiger partial charge in [0.05, 0.1) is 5.75 Å². The smallest absolute Gasteiger partial charge is 0.307 e. The first-order valence-corrected chi connectivity index (χ1v) is 11.8. The van der Waals surface area contributed by atoms with Crippen LogP contribution in [0.4, 0.5) is 10.5 Å². The minimum atomic E-state index is -3.68. The van der Waals surface area contributed by atoms with Gasteiger partial charge in [-0.05, 0) is 72.6 Å². The van der Waals surface area contributed by atoms with Gasteiger partial charge in [-0.2, -0.15) is 0 Å². The molecule has 2 aliphatic rings. The fourth-order valence-electron chi connectivity index (χ4n) is 4.53. The highest BCUT2D eigenvalue weighted by Gasteiger charge is 2.29. The van der Waals surface area contributed by atoms with Gasteiger partial charge >= 0.3 is 6.03 Å². The molecule has 0 aromatic heterocycles. The molecule has 1 aromatic carbocycles. The molecule has 0 fully saturated rings. The van der Waals surface area contributed by atoms with Crippen LogP contribution in [0.5, 0.6) is 0 Å². The number of benzene rings is 1. The Morgan fingerprint density at radius 2 is 1.67 bits per heavy atom. The van der Waals surface area contributed by atoms with E-state index in [4.69, 9.17) is 0 Å². The van der Waals surface area contributed by atoms with Gasteiger partial charge in [-0.25, -0.2) is 17.9 Å². The van der Waals surface area contributed by atoms with Gasteiger partial charge < -0.3 is 5.32 Å². The predicted octanol–water partition coefficient (Wildman–Crippen LogP) is 4.33. The van der Waals surface area contributed by atoms with Crippen LogP contribution in [0.1, 0.15) is 75.1 Å². The van der Waals surface area contributed by atoms with E-state index in [1.54, 1.807) is 0 Å². The summed E-state index contributed by atoms with van der Waals surface area (Å²) >= 11 is 0. The molecular formula is C21H32N2O3S. The van der Waals surface area contributed by atoms with Crippen molar-refractivity contribution in [1.29, 1.82) is 0 Å². The number of amides is 2. The summed E-state index contributed by atoms with van der Waals surface area (Å²) in [4.78, 5) is 12.5. The summed E-state index contributed by atoms with van der Waals surface area (Å²) in [5.74, 6) is -0.0432. The molecule has 0 atom stereocenters. The van der Waals surface area contributed by atoms with E-state index < -0.39 is 16.1 Å². The molecule has 1 aromatic rings. The molecule has 0 saturated heterocycles. The zero-order chi connectivity index (χ0) is 19.7. The summed E-state index contributed by atoms with van der Waals surface area (Å²) in [6.07, 6.45) is 9.02. The number of urea groups is 1. The molecule has 0 radical (unpaired) electrons. The third kappa shape index (κ3) is 4.84. The van der Waals surface area contributed by atoms with Gasteiger partial charge in [0.15, 0.2) is 0 Å². The van der Waals surface area contributed by atoms with E-state index in [0.29, 0.717) is 0 Å². The zero-order valence-electron chi connectivity index (χ0n) is 16.8. The van der Waals surface area contributed by atoms with E-state index in [0.717, 1.165) is 63.5 Å². The fourth-order valence-corrected chi connectivity index (χ4v) is 6.10. The van der Waals surface area contributed by atoms with Gasteiger partial charge in [0.25, 0.3) is 0 Å². The molecule has 0 bridgehead atoms. The van der Waals surface area contributed by atoms with Crippen molar-refractivity contribution in [3.05, 3.63) is 28.3 Å². The molecule has 0 heterocycles.